The molecule has 6 nitrogen and oxygen atoms in total. The number of likely N-dealkylation sites (tertiary alicyclic amines) is 1. The fraction of sp³-hybridized carbons (Fsp3) is 0.500. The maximum atomic E-state index is 12.0. The highest BCUT2D eigenvalue weighted by Crippen LogP contribution is 2.23. The zero-order valence-corrected chi connectivity index (χ0v) is 12.3. The van der Waals surface area contributed by atoms with E-state index < -0.39 is 18.1 Å². The van der Waals surface area contributed by atoms with Gasteiger partial charge in [0.1, 0.15) is 6.61 Å². The van der Waals surface area contributed by atoms with E-state index in [2.05, 4.69) is 5.32 Å². The first-order valence-electron chi connectivity index (χ1n) is 7.57. The Hall–Kier alpha value is -2.08. The maximum Gasteiger partial charge on any atom is 0.410 e. The number of rotatable bonds is 4. The Morgan fingerprint density at radius 2 is 1.95 bits per heavy atom. The van der Waals surface area contributed by atoms with Gasteiger partial charge in [0.05, 0.1) is 18.6 Å². The van der Waals surface area contributed by atoms with Gasteiger partial charge >= 0.3 is 6.09 Å². The van der Waals surface area contributed by atoms with Crippen LogP contribution in [0.4, 0.5) is 4.79 Å². The van der Waals surface area contributed by atoms with Gasteiger partial charge in [-0.25, -0.2) is 4.79 Å². The molecule has 2 amide bonds. The van der Waals surface area contributed by atoms with E-state index in [0.717, 1.165) is 18.4 Å². The lowest BCUT2D eigenvalue weighted by atomic mass is 10.1. The molecule has 0 aromatic heterocycles. The summed E-state index contributed by atoms with van der Waals surface area (Å²) in [6.45, 7) is 0.523. The van der Waals surface area contributed by atoms with Gasteiger partial charge in [0, 0.05) is 12.6 Å². The van der Waals surface area contributed by atoms with Gasteiger partial charge in [0.15, 0.2) is 0 Å². The number of carbonyl (C=O) groups is 2. The van der Waals surface area contributed by atoms with Crippen LogP contribution in [0.15, 0.2) is 30.3 Å². The van der Waals surface area contributed by atoms with E-state index in [1.165, 1.54) is 4.90 Å². The summed E-state index contributed by atoms with van der Waals surface area (Å²) in [6, 6.07) is 9.64. The third-order valence-electron chi connectivity index (χ3n) is 4.01. The summed E-state index contributed by atoms with van der Waals surface area (Å²) in [5.74, 6) is -0.738. The summed E-state index contributed by atoms with van der Waals surface area (Å²) >= 11 is 0. The second kappa shape index (κ2) is 6.36. The van der Waals surface area contributed by atoms with Crippen LogP contribution >= 0.6 is 0 Å². The number of ether oxygens (including phenoxy) is 1. The van der Waals surface area contributed by atoms with Crippen molar-refractivity contribution < 1.29 is 19.4 Å². The fourth-order valence-corrected chi connectivity index (χ4v) is 2.54. The third-order valence-corrected chi connectivity index (χ3v) is 4.01. The Bertz CT molecular complexity index is 544. The van der Waals surface area contributed by atoms with Crippen LogP contribution in [0.5, 0.6) is 0 Å². The zero-order valence-electron chi connectivity index (χ0n) is 12.3. The Balaban J connectivity index is 1.49. The van der Waals surface area contributed by atoms with Crippen molar-refractivity contribution in [1.82, 2.24) is 10.2 Å². The average molecular weight is 304 g/mol. The quantitative estimate of drug-likeness (QED) is 0.866. The number of amides is 2. The lowest BCUT2D eigenvalue weighted by molar-refractivity contribution is -0.127. The number of nitrogens with one attached hydrogen (secondary N) is 1. The summed E-state index contributed by atoms with van der Waals surface area (Å²) < 4.78 is 5.23. The van der Waals surface area contributed by atoms with Crippen molar-refractivity contribution in [3.63, 3.8) is 0 Å². The van der Waals surface area contributed by atoms with Crippen LogP contribution in [0.2, 0.25) is 0 Å². The Morgan fingerprint density at radius 3 is 2.64 bits per heavy atom. The maximum absolute atomic E-state index is 12.0. The van der Waals surface area contributed by atoms with Gasteiger partial charge in [0.2, 0.25) is 5.91 Å². The van der Waals surface area contributed by atoms with Gasteiger partial charge in [-0.05, 0) is 18.4 Å². The number of nitrogens with zero attached hydrogens (tertiary/aromatic N) is 1. The van der Waals surface area contributed by atoms with Crippen molar-refractivity contribution in [3.05, 3.63) is 35.9 Å². The molecule has 22 heavy (non-hydrogen) atoms. The summed E-state index contributed by atoms with van der Waals surface area (Å²) in [5, 5.41) is 12.9. The molecular formula is C16H20N2O4. The Morgan fingerprint density at radius 1 is 1.23 bits per heavy atom. The number of hydrogen-bond acceptors (Lipinski definition) is 4. The second-order valence-electron chi connectivity index (χ2n) is 5.90. The Kier molecular flexibility index (Phi) is 4.29. The molecule has 1 aliphatic heterocycles. The van der Waals surface area contributed by atoms with Crippen LogP contribution in [0.3, 0.4) is 0 Å². The van der Waals surface area contributed by atoms with Crippen molar-refractivity contribution in [2.45, 2.75) is 31.6 Å². The van der Waals surface area contributed by atoms with Crippen LogP contribution in [-0.2, 0) is 16.1 Å². The molecule has 0 spiro atoms. The zero-order chi connectivity index (χ0) is 15.5. The van der Waals surface area contributed by atoms with Crippen LogP contribution in [0, 0.1) is 5.92 Å². The molecule has 3 rings (SSSR count). The molecule has 0 unspecified atom stereocenters. The topological polar surface area (TPSA) is 78.9 Å². The molecule has 0 bridgehead atoms. The molecule has 2 atom stereocenters. The predicted octanol–water partition coefficient (Wildman–Crippen LogP) is 0.894. The molecule has 1 aromatic rings. The number of β-amino-alcohol motifs (C(OH)–C–C–N with tert-alkyl or cyclic N) is 1. The van der Waals surface area contributed by atoms with E-state index in [1.54, 1.807) is 0 Å². The van der Waals surface area contributed by atoms with Gasteiger partial charge in [0.25, 0.3) is 0 Å². The summed E-state index contributed by atoms with van der Waals surface area (Å²) in [4.78, 5) is 25.4. The van der Waals surface area contributed by atoms with Crippen LogP contribution in [-0.4, -0.2) is 47.2 Å². The minimum Gasteiger partial charge on any atom is -0.445 e. The largest absolute Gasteiger partial charge is 0.445 e. The van der Waals surface area contributed by atoms with Gasteiger partial charge < -0.3 is 20.1 Å². The van der Waals surface area contributed by atoms with E-state index >= 15 is 0 Å². The summed E-state index contributed by atoms with van der Waals surface area (Å²) in [7, 11) is 0. The number of benzene rings is 1. The highest BCUT2D eigenvalue weighted by atomic mass is 16.6. The van der Waals surface area contributed by atoms with Crippen LogP contribution < -0.4 is 5.32 Å². The molecule has 1 saturated heterocycles. The van der Waals surface area contributed by atoms with E-state index in [-0.39, 0.29) is 31.6 Å². The molecule has 6 heteroatoms. The first-order valence-corrected chi connectivity index (χ1v) is 7.57. The van der Waals surface area contributed by atoms with Crippen LogP contribution in [0.1, 0.15) is 18.4 Å². The molecule has 2 fully saturated rings. The van der Waals surface area contributed by atoms with Crippen molar-refractivity contribution in [2.75, 3.05) is 13.1 Å². The summed E-state index contributed by atoms with van der Waals surface area (Å²) in [6.07, 6.45) is 0.669. The minimum absolute atomic E-state index is 0.135. The van der Waals surface area contributed by atoms with Crippen LogP contribution in [0.25, 0.3) is 0 Å². The van der Waals surface area contributed by atoms with Crippen molar-refractivity contribution in [1.29, 1.82) is 0 Å². The fourth-order valence-electron chi connectivity index (χ4n) is 2.54. The van der Waals surface area contributed by atoms with Gasteiger partial charge in [-0.3, -0.25) is 4.79 Å². The molecule has 1 aromatic carbocycles. The monoisotopic (exact) mass is 304 g/mol. The highest BCUT2D eigenvalue weighted by molar-refractivity contribution is 5.81. The average Bonchev–Trinajstić information content (AvgIpc) is 3.25. The lowest BCUT2D eigenvalue weighted by Crippen LogP contribution is -2.38. The van der Waals surface area contributed by atoms with E-state index in [9.17, 15) is 14.7 Å². The minimum atomic E-state index is -0.831. The molecule has 0 radical (unpaired) electrons. The first kappa shape index (κ1) is 14.8. The number of aliphatic hydroxyl groups is 1. The first-order chi connectivity index (χ1) is 10.6. The van der Waals surface area contributed by atoms with Crippen molar-refractivity contribution >= 4 is 12.0 Å². The van der Waals surface area contributed by atoms with E-state index in [0.29, 0.717) is 0 Å². The highest BCUT2D eigenvalue weighted by Gasteiger charge is 2.40. The third kappa shape index (κ3) is 3.57. The SMILES string of the molecule is O=C(NC1CC1)[C@@H]1CN(C(=O)OCc2ccccc2)C[C@@H]1O. The summed E-state index contributed by atoms with van der Waals surface area (Å²) in [5.41, 5.74) is 0.902. The van der Waals surface area contributed by atoms with Gasteiger partial charge in [-0.15, -0.1) is 0 Å². The molecule has 2 aliphatic rings. The molecule has 118 valence electrons. The van der Waals surface area contributed by atoms with E-state index in [4.69, 9.17) is 4.74 Å². The predicted molar refractivity (Wildman–Crippen MR) is 78.9 cm³/mol. The number of hydrogen-bond donors (Lipinski definition) is 2. The number of carbonyl (C=O) groups excluding carboxylic acids is 2. The lowest BCUT2D eigenvalue weighted by Gasteiger charge is -2.16. The van der Waals surface area contributed by atoms with Gasteiger partial charge in [-0.2, -0.15) is 0 Å². The second-order valence-corrected chi connectivity index (χ2v) is 5.90. The van der Waals surface area contributed by atoms with Gasteiger partial charge in [-0.1, -0.05) is 30.3 Å². The standard InChI is InChI=1S/C16H20N2O4/c19-14-9-18(8-13(14)15(20)17-12-6-7-12)16(21)22-10-11-4-2-1-3-5-11/h1-5,12-14,19H,6-10H2,(H,17,20)/t13-,14+/m1/s1. The molecule has 2 N–H and O–H groups in total. The molecule has 1 aliphatic carbocycles. The van der Waals surface area contributed by atoms with E-state index in [1.807, 2.05) is 30.3 Å². The molecule has 1 saturated carbocycles. The molecular weight excluding hydrogens is 284 g/mol. The smallest absolute Gasteiger partial charge is 0.410 e. The normalized spacial score (nSPS) is 24.1. The number of aliphatic hydroxyl groups excluding tert-OH is 1. The molecule has 1 heterocycles. The Labute approximate surface area is 129 Å². The van der Waals surface area contributed by atoms with Crippen molar-refractivity contribution in [2.24, 2.45) is 5.92 Å². The van der Waals surface area contributed by atoms with Crippen molar-refractivity contribution in [3.8, 4) is 0 Å².